The summed E-state index contributed by atoms with van der Waals surface area (Å²) in [5, 5.41) is 9.12. The molecule has 0 fully saturated rings. The van der Waals surface area contributed by atoms with Crippen LogP contribution in [0.15, 0.2) is 47.6 Å². The van der Waals surface area contributed by atoms with Crippen LogP contribution in [0, 0.1) is 13.8 Å². The van der Waals surface area contributed by atoms with Gasteiger partial charge in [-0.1, -0.05) is 12.1 Å². The quantitative estimate of drug-likeness (QED) is 0.203. The van der Waals surface area contributed by atoms with Crippen LogP contribution in [0.3, 0.4) is 0 Å². The lowest BCUT2D eigenvalue weighted by atomic mass is 10.1. The molecule has 34 heavy (non-hydrogen) atoms. The topological polar surface area (TPSA) is 118 Å². The number of rotatable bonds is 11. The molecular formula is C25H32N4O5. The Kier molecular flexibility index (Phi) is 10.7. The van der Waals surface area contributed by atoms with Crippen molar-refractivity contribution < 1.29 is 23.9 Å². The lowest BCUT2D eigenvalue weighted by molar-refractivity contribution is -0.139. The van der Waals surface area contributed by atoms with Crippen molar-refractivity contribution in [2.24, 2.45) is 5.10 Å². The summed E-state index contributed by atoms with van der Waals surface area (Å²) in [5.41, 5.74) is 5.73. The van der Waals surface area contributed by atoms with Gasteiger partial charge in [0.05, 0.1) is 12.3 Å². The molecule has 2 aromatic carbocycles. The van der Waals surface area contributed by atoms with Gasteiger partial charge in [-0.05, 0) is 81.1 Å². The Morgan fingerprint density at radius 1 is 1.03 bits per heavy atom. The fourth-order valence-electron chi connectivity index (χ4n) is 2.76. The number of aryl methyl sites for hydroxylation is 1. The number of hydrogen-bond acceptors (Lipinski definition) is 6. The average molecular weight is 469 g/mol. The van der Waals surface area contributed by atoms with Crippen LogP contribution in [0.4, 0.5) is 5.69 Å². The molecule has 0 unspecified atom stereocenters. The predicted octanol–water partition coefficient (Wildman–Crippen LogP) is 2.70. The van der Waals surface area contributed by atoms with Gasteiger partial charge in [-0.25, -0.2) is 5.43 Å². The predicted molar refractivity (Wildman–Crippen MR) is 131 cm³/mol. The maximum absolute atomic E-state index is 12.2. The van der Waals surface area contributed by atoms with E-state index in [-0.39, 0.29) is 18.6 Å². The van der Waals surface area contributed by atoms with Gasteiger partial charge in [-0.3, -0.25) is 14.4 Å². The fraction of sp³-hybridized carbons (Fsp3) is 0.360. The highest BCUT2D eigenvalue weighted by molar-refractivity contribution is 6.35. The van der Waals surface area contributed by atoms with Crippen LogP contribution in [0.25, 0.3) is 0 Å². The van der Waals surface area contributed by atoms with Gasteiger partial charge in [0.2, 0.25) is 0 Å². The molecule has 3 amide bonds. The van der Waals surface area contributed by atoms with E-state index in [2.05, 4.69) is 21.2 Å². The van der Waals surface area contributed by atoms with E-state index in [1.165, 1.54) is 6.21 Å². The molecule has 0 saturated carbocycles. The lowest BCUT2D eigenvalue weighted by Crippen LogP contribution is -2.38. The zero-order chi connectivity index (χ0) is 24.9. The Bertz CT molecular complexity index is 1000. The minimum absolute atomic E-state index is 0.127. The van der Waals surface area contributed by atoms with Crippen LogP contribution in [0.5, 0.6) is 5.75 Å². The van der Waals surface area contributed by atoms with Crippen molar-refractivity contribution in [1.29, 1.82) is 0 Å². The summed E-state index contributed by atoms with van der Waals surface area (Å²) in [5.74, 6) is -1.36. The first-order valence-electron chi connectivity index (χ1n) is 11.1. The third-order valence-corrected chi connectivity index (χ3v) is 4.77. The largest absolute Gasteiger partial charge is 0.484 e. The van der Waals surface area contributed by atoms with E-state index in [4.69, 9.17) is 9.47 Å². The van der Waals surface area contributed by atoms with Crippen LogP contribution in [0.1, 0.15) is 37.0 Å². The Labute approximate surface area is 199 Å². The summed E-state index contributed by atoms with van der Waals surface area (Å²) in [7, 11) is 0. The molecule has 0 bridgehead atoms. The Morgan fingerprint density at radius 3 is 2.47 bits per heavy atom. The second-order valence-electron chi connectivity index (χ2n) is 7.88. The zero-order valence-corrected chi connectivity index (χ0v) is 20.0. The van der Waals surface area contributed by atoms with E-state index in [9.17, 15) is 14.4 Å². The number of hydrogen-bond donors (Lipinski definition) is 3. The molecule has 0 aliphatic heterocycles. The van der Waals surface area contributed by atoms with Gasteiger partial charge in [0.15, 0.2) is 6.61 Å². The van der Waals surface area contributed by atoms with Crippen LogP contribution in [-0.4, -0.2) is 49.8 Å². The third kappa shape index (κ3) is 9.41. The molecule has 0 aliphatic carbocycles. The summed E-state index contributed by atoms with van der Waals surface area (Å²) in [4.78, 5) is 35.6. The normalized spacial score (nSPS) is 10.9. The van der Waals surface area contributed by atoms with Gasteiger partial charge < -0.3 is 20.1 Å². The number of anilines is 1. The molecule has 9 nitrogen and oxygen atoms in total. The van der Waals surface area contributed by atoms with Crippen molar-refractivity contribution in [3.8, 4) is 5.75 Å². The highest BCUT2D eigenvalue weighted by Crippen LogP contribution is 2.18. The molecule has 182 valence electrons. The Morgan fingerprint density at radius 2 is 1.76 bits per heavy atom. The van der Waals surface area contributed by atoms with Crippen molar-refractivity contribution >= 4 is 29.6 Å². The first kappa shape index (κ1) is 26.5. The number of carbonyl (C=O) groups is 3. The molecule has 0 saturated heterocycles. The SMILES string of the molecule is Cc1cccc(NC(=O)COc2ccc(/C=N\NC(=O)C(=O)NCCCOC(C)C)cc2)c1C. The van der Waals surface area contributed by atoms with Crippen LogP contribution >= 0.6 is 0 Å². The van der Waals surface area contributed by atoms with E-state index < -0.39 is 11.8 Å². The first-order valence-corrected chi connectivity index (χ1v) is 11.1. The summed E-state index contributed by atoms with van der Waals surface area (Å²) >= 11 is 0. The molecule has 0 aliphatic rings. The van der Waals surface area contributed by atoms with Crippen LogP contribution in [-0.2, 0) is 19.1 Å². The molecule has 2 rings (SSSR count). The second-order valence-corrected chi connectivity index (χ2v) is 7.88. The van der Waals surface area contributed by atoms with Gasteiger partial charge in [0.1, 0.15) is 5.75 Å². The monoisotopic (exact) mass is 468 g/mol. The number of hydrazone groups is 1. The van der Waals surface area contributed by atoms with Gasteiger partial charge in [-0.2, -0.15) is 5.10 Å². The smallest absolute Gasteiger partial charge is 0.329 e. The Hall–Kier alpha value is -3.72. The third-order valence-electron chi connectivity index (χ3n) is 4.77. The maximum atomic E-state index is 12.2. The summed E-state index contributed by atoms with van der Waals surface area (Å²) in [6.45, 7) is 8.51. The number of benzene rings is 2. The summed E-state index contributed by atoms with van der Waals surface area (Å²) in [6, 6.07) is 12.5. The molecule has 0 spiro atoms. The van der Waals surface area contributed by atoms with Gasteiger partial charge in [0.25, 0.3) is 5.91 Å². The standard InChI is InChI=1S/C25H32N4O5/c1-17(2)33-14-6-13-26-24(31)25(32)29-27-15-20-9-11-21(12-10-20)34-16-23(30)28-22-8-5-7-18(3)19(22)4/h5,7-12,15,17H,6,13-14,16H2,1-4H3,(H,26,31)(H,28,30)(H,29,32)/b27-15-. The number of nitrogens with zero attached hydrogens (tertiary/aromatic N) is 1. The molecule has 0 heterocycles. The molecule has 0 radical (unpaired) electrons. The van der Waals surface area contributed by atoms with Crippen LogP contribution < -0.4 is 20.8 Å². The zero-order valence-electron chi connectivity index (χ0n) is 20.0. The first-order chi connectivity index (χ1) is 16.3. The van der Waals surface area contributed by atoms with Crippen LogP contribution in [0.2, 0.25) is 0 Å². The minimum atomic E-state index is -0.851. The lowest BCUT2D eigenvalue weighted by Gasteiger charge is -2.11. The molecular weight excluding hydrogens is 436 g/mol. The second kappa shape index (κ2) is 13.7. The van der Waals surface area contributed by atoms with E-state index in [0.29, 0.717) is 30.9 Å². The van der Waals surface area contributed by atoms with Crippen molar-refractivity contribution in [3.05, 3.63) is 59.2 Å². The molecule has 9 heteroatoms. The van der Waals surface area contributed by atoms with E-state index in [1.807, 2.05) is 45.9 Å². The van der Waals surface area contributed by atoms with Crippen molar-refractivity contribution in [3.63, 3.8) is 0 Å². The fourth-order valence-corrected chi connectivity index (χ4v) is 2.76. The number of carbonyl (C=O) groups excluding carboxylic acids is 3. The van der Waals surface area contributed by atoms with Crippen molar-refractivity contribution in [2.45, 2.75) is 40.2 Å². The van der Waals surface area contributed by atoms with Gasteiger partial charge in [-0.15, -0.1) is 0 Å². The number of amides is 3. The number of nitrogens with one attached hydrogen (secondary N) is 3. The van der Waals surface area contributed by atoms with E-state index >= 15 is 0 Å². The van der Waals surface area contributed by atoms with Crippen molar-refractivity contribution in [2.75, 3.05) is 25.1 Å². The molecule has 0 aromatic heterocycles. The molecule has 3 N–H and O–H groups in total. The average Bonchev–Trinajstić information content (AvgIpc) is 2.81. The molecule has 0 atom stereocenters. The maximum Gasteiger partial charge on any atom is 0.329 e. The minimum Gasteiger partial charge on any atom is -0.484 e. The summed E-state index contributed by atoms with van der Waals surface area (Å²) in [6.07, 6.45) is 2.14. The Balaban J connectivity index is 1.71. The summed E-state index contributed by atoms with van der Waals surface area (Å²) < 4.78 is 10.9. The highest BCUT2D eigenvalue weighted by Gasteiger charge is 2.11. The van der Waals surface area contributed by atoms with E-state index in [1.54, 1.807) is 24.3 Å². The van der Waals surface area contributed by atoms with Gasteiger partial charge >= 0.3 is 11.8 Å². The van der Waals surface area contributed by atoms with E-state index in [0.717, 1.165) is 16.8 Å². The number of ether oxygens (including phenoxy) is 2. The van der Waals surface area contributed by atoms with Gasteiger partial charge in [0, 0.05) is 18.8 Å². The molecule has 2 aromatic rings. The highest BCUT2D eigenvalue weighted by atomic mass is 16.5. The van der Waals surface area contributed by atoms with Crippen molar-refractivity contribution in [1.82, 2.24) is 10.7 Å².